The molecule has 10 rings (SSSR count). The molecule has 0 spiro atoms. The van der Waals surface area contributed by atoms with Crippen molar-refractivity contribution in [2.24, 2.45) is 0 Å². The predicted molar refractivity (Wildman–Crippen MR) is 304 cm³/mol. The van der Waals surface area contributed by atoms with Gasteiger partial charge in [0, 0.05) is 87.6 Å². The van der Waals surface area contributed by atoms with E-state index in [-0.39, 0.29) is 86.4 Å². The first-order valence-corrected chi connectivity index (χ1v) is 28.5. The van der Waals surface area contributed by atoms with Crippen molar-refractivity contribution in [1.82, 2.24) is 10.2 Å². The first-order chi connectivity index (χ1) is 39.7. The van der Waals surface area contributed by atoms with Crippen molar-refractivity contribution < 1.29 is 70.1 Å². The number of imide groups is 1. The third-order valence-electron chi connectivity index (χ3n) is 15.0. The second-order valence-electron chi connectivity index (χ2n) is 20.2. The minimum absolute atomic E-state index is 0.0151. The number of methoxy groups -OCH3 is 3. The molecule has 4 N–H and O–H groups in total. The molecular formula is C59H65N7O15S. The van der Waals surface area contributed by atoms with Gasteiger partial charge in [-0.2, -0.15) is 8.42 Å². The third kappa shape index (κ3) is 12.5. The number of hydrogen-bond acceptors (Lipinski definition) is 17. The van der Waals surface area contributed by atoms with E-state index in [0.29, 0.717) is 98.5 Å². The molecular weight excluding hydrogens is 1080 g/mol. The second kappa shape index (κ2) is 25.3. The lowest BCUT2D eigenvalue weighted by molar-refractivity contribution is -0.137. The number of benzene rings is 5. The molecule has 0 aliphatic carbocycles. The number of nitrogens with one attached hydrogen (secondary N) is 3. The van der Waals surface area contributed by atoms with E-state index < -0.39 is 39.3 Å². The Kier molecular flexibility index (Phi) is 17.6. The maximum Gasteiger partial charge on any atom is 0.288 e. The second-order valence-corrected chi connectivity index (χ2v) is 21.7. The van der Waals surface area contributed by atoms with Crippen LogP contribution in [0, 0.1) is 0 Å². The lowest BCUT2D eigenvalue weighted by Crippen LogP contribution is -2.49. The molecule has 3 atom stereocenters. The maximum absolute atomic E-state index is 14.4. The van der Waals surface area contributed by atoms with E-state index in [0.717, 1.165) is 27.4 Å². The van der Waals surface area contributed by atoms with Gasteiger partial charge in [0.25, 0.3) is 33.7 Å². The quantitative estimate of drug-likeness (QED) is 0.0308. The van der Waals surface area contributed by atoms with Gasteiger partial charge in [-0.15, -0.1) is 0 Å². The maximum atomic E-state index is 14.4. The number of carbonyl (C=O) groups is 5. The monoisotopic (exact) mass is 1140 g/mol. The van der Waals surface area contributed by atoms with Crippen molar-refractivity contribution in [1.29, 1.82) is 0 Å². The predicted octanol–water partition coefficient (Wildman–Crippen LogP) is 5.38. The average Bonchev–Trinajstić information content (AvgIpc) is 4.33. The van der Waals surface area contributed by atoms with Gasteiger partial charge in [-0.3, -0.25) is 33.4 Å². The molecule has 0 aromatic heterocycles. The lowest BCUT2D eigenvalue weighted by Gasteiger charge is -2.27. The van der Waals surface area contributed by atoms with E-state index >= 15 is 0 Å². The zero-order valence-electron chi connectivity index (χ0n) is 45.7. The van der Waals surface area contributed by atoms with Crippen LogP contribution in [0.1, 0.15) is 55.8 Å². The largest absolute Gasteiger partial charge is 0.493 e. The topological polar surface area (TPSA) is 253 Å². The van der Waals surface area contributed by atoms with Crippen molar-refractivity contribution in [3.05, 3.63) is 137 Å². The molecule has 5 aliphatic rings. The van der Waals surface area contributed by atoms with E-state index in [9.17, 15) is 36.9 Å². The fraction of sp³-hybridized carbons (Fsp3) is 0.373. The number of amides is 5. The van der Waals surface area contributed by atoms with Crippen LogP contribution in [0.4, 0.5) is 28.4 Å². The molecule has 0 saturated carbocycles. The van der Waals surface area contributed by atoms with Gasteiger partial charge in [0.05, 0.1) is 81.8 Å². The molecule has 82 heavy (non-hydrogen) atoms. The molecule has 432 valence electrons. The van der Waals surface area contributed by atoms with Crippen LogP contribution in [0.25, 0.3) is 0 Å². The summed E-state index contributed by atoms with van der Waals surface area (Å²) in [6.45, 7) is 3.17. The Hall–Kier alpha value is -8.22. The number of hydrogen-bond donors (Lipinski definition) is 4. The summed E-state index contributed by atoms with van der Waals surface area (Å²) in [6.07, 6.45) is 3.82. The minimum atomic E-state index is -4.77. The van der Waals surface area contributed by atoms with Gasteiger partial charge in [0.1, 0.15) is 13.2 Å². The van der Waals surface area contributed by atoms with Crippen LogP contribution < -0.4 is 49.6 Å². The molecule has 23 heteroatoms. The van der Waals surface area contributed by atoms with Crippen molar-refractivity contribution in [2.45, 2.75) is 56.4 Å². The first kappa shape index (κ1) is 57.0. The van der Waals surface area contributed by atoms with E-state index in [1.807, 2.05) is 53.4 Å². The van der Waals surface area contributed by atoms with Crippen molar-refractivity contribution in [3.8, 4) is 23.0 Å². The number of fused-ring (bicyclic) bond motifs is 8. The fourth-order valence-electron chi connectivity index (χ4n) is 11.0. The molecule has 0 bridgehead atoms. The Bertz CT molecular complexity index is 3380. The van der Waals surface area contributed by atoms with Gasteiger partial charge in [0.2, 0.25) is 5.91 Å². The highest BCUT2D eigenvalue weighted by Gasteiger charge is 2.47. The zero-order chi connectivity index (χ0) is 57.5. The molecule has 5 heterocycles. The van der Waals surface area contributed by atoms with Crippen LogP contribution in [-0.4, -0.2) is 152 Å². The molecule has 22 nitrogen and oxygen atoms in total. The Balaban J connectivity index is 0.932. The van der Waals surface area contributed by atoms with E-state index in [4.69, 9.17) is 33.2 Å². The van der Waals surface area contributed by atoms with Crippen molar-refractivity contribution in [3.63, 3.8) is 0 Å². The summed E-state index contributed by atoms with van der Waals surface area (Å²) in [4.78, 5) is 72.4. The lowest BCUT2D eigenvalue weighted by atomic mass is 10.1. The number of anilines is 5. The summed E-state index contributed by atoms with van der Waals surface area (Å²) in [5.74, 6) is -0.671. The summed E-state index contributed by atoms with van der Waals surface area (Å²) < 4.78 is 78.3. The third-order valence-corrected chi connectivity index (χ3v) is 16.1. The zero-order valence-corrected chi connectivity index (χ0v) is 46.5. The van der Waals surface area contributed by atoms with Crippen molar-refractivity contribution in [2.75, 3.05) is 112 Å². The van der Waals surface area contributed by atoms with Crippen LogP contribution in [-0.2, 0) is 64.8 Å². The van der Waals surface area contributed by atoms with Crippen LogP contribution in [0.3, 0.4) is 0 Å². The van der Waals surface area contributed by atoms with Crippen LogP contribution in [0.2, 0.25) is 0 Å². The smallest absolute Gasteiger partial charge is 0.288 e. The number of para-hydroxylation sites is 2. The van der Waals surface area contributed by atoms with Gasteiger partial charge in [0.15, 0.2) is 28.4 Å². The summed E-state index contributed by atoms with van der Waals surface area (Å²) in [5.41, 5.74) is 6.64. The van der Waals surface area contributed by atoms with E-state index in [2.05, 4.69) is 20.9 Å². The standard InChI is InChI=1S/C59H65N7O15S/c1-75-21-22-79-24-23-78-20-19-63(17-8-13-54(67)60-16-18-64-55(68)14-15-56(64)69)41-26-37(35-80-52-32-45-43(30-50(52)76-2)58(70)65-42(34-61-45)28-39-9-4-6-11-47(39)65)25-38(27-41)36-81-53-33-46-44(31-51(53)77-3)59(71)66-48-12-7-5-10-40(48)29-49(66)57(62-46)82(72,73)74/h4-7,9-12,14-15,25-27,30-33,42,49,57,61-62H,8,13,16-24,28-29,34-36H2,1-3H3,(H,60,67)(H,72,73,74)/t42-,49-,57?/m0/s1. The number of rotatable bonds is 26. The van der Waals surface area contributed by atoms with Gasteiger partial charge >= 0.3 is 0 Å². The van der Waals surface area contributed by atoms with Gasteiger partial charge in [-0.05, 0) is 84.0 Å². The van der Waals surface area contributed by atoms with Crippen LogP contribution >= 0.6 is 0 Å². The van der Waals surface area contributed by atoms with Gasteiger partial charge in [-0.25, -0.2) is 0 Å². The fourth-order valence-corrected chi connectivity index (χ4v) is 11.9. The summed E-state index contributed by atoms with van der Waals surface area (Å²) in [6, 6.07) is 26.2. The molecule has 0 fully saturated rings. The summed E-state index contributed by atoms with van der Waals surface area (Å²) in [7, 11) is -0.230. The first-order valence-electron chi connectivity index (χ1n) is 27.0. The molecule has 0 saturated heterocycles. The number of nitrogens with zero attached hydrogens (tertiary/aromatic N) is 4. The number of carbonyl (C=O) groups excluding carboxylic acids is 5. The van der Waals surface area contributed by atoms with Crippen molar-refractivity contribution >= 4 is 68.1 Å². The molecule has 1 unspecified atom stereocenters. The van der Waals surface area contributed by atoms with Gasteiger partial charge in [-0.1, -0.05) is 36.4 Å². The SMILES string of the molecule is COCCOCCOCCN(CCCC(=O)NCCN1C(=O)C=CC1=O)c1cc(COc2cc3c(cc2OC)C(=O)N2c4ccccc4C[C@H]2CN3)cc(COc2cc3c(cc2OC)C(=O)N2c4ccccc4C[C@H]2C(S(=O)(=O)O)N3)c1. The van der Waals surface area contributed by atoms with Crippen LogP contribution in [0.15, 0.2) is 103 Å². The Morgan fingerprint density at radius 1 is 0.695 bits per heavy atom. The average molecular weight is 1140 g/mol. The molecule has 0 radical (unpaired) electrons. The highest BCUT2D eigenvalue weighted by Crippen LogP contribution is 2.44. The normalized spacial score (nSPS) is 17.6. The molecule has 5 aromatic rings. The van der Waals surface area contributed by atoms with E-state index in [1.54, 1.807) is 37.4 Å². The number of ether oxygens (including phenoxy) is 7. The molecule has 5 aromatic carbocycles. The molecule has 5 amide bonds. The Labute approximate surface area is 474 Å². The van der Waals surface area contributed by atoms with Gasteiger partial charge < -0.3 is 63.8 Å². The Morgan fingerprint density at radius 3 is 1.93 bits per heavy atom. The summed E-state index contributed by atoms with van der Waals surface area (Å²) >= 11 is 0. The minimum Gasteiger partial charge on any atom is -0.493 e. The Morgan fingerprint density at radius 2 is 1.28 bits per heavy atom. The molecule has 5 aliphatic heterocycles. The van der Waals surface area contributed by atoms with Crippen LogP contribution in [0.5, 0.6) is 23.0 Å². The highest BCUT2D eigenvalue weighted by atomic mass is 32.2. The van der Waals surface area contributed by atoms with E-state index in [1.165, 1.54) is 43.4 Å². The summed E-state index contributed by atoms with van der Waals surface area (Å²) in [5, 5.41) is 7.67. The highest BCUT2D eigenvalue weighted by molar-refractivity contribution is 7.86.